The Morgan fingerprint density at radius 2 is 1.67 bits per heavy atom. The van der Waals surface area contributed by atoms with Crippen LogP contribution in [0.25, 0.3) is 0 Å². The third-order valence-electron chi connectivity index (χ3n) is 1.10. The number of hydrogen-bond donors (Lipinski definition) is 0. The van der Waals surface area contributed by atoms with Gasteiger partial charge in [0.15, 0.2) is 0 Å². The van der Waals surface area contributed by atoms with Gasteiger partial charge in [0.25, 0.3) is 0 Å². The molecule has 0 heterocycles. The van der Waals surface area contributed by atoms with Gasteiger partial charge in [-0.25, -0.2) is 0 Å². The fraction of sp³-hybridized carbons (Fsp3) is 0.545. The second-order valence-corrected chi connectivity index (χ2v) is 4.75. The number of hydrogen-bond acceptors (Lipinski definition) is 0. The van der Waals surface area contributed by atoms with E-state index in [9.17, 15) is 0 Å². The van der Waals surface area contributed by atoms with Crippen LogP contribution in [0.5, 0.6) is 0 Å². The van der Waals surface area contributed by atoms with Gasteiger partial charge in [-0.3, -0.25) is 0 Å². The van der Waals surface area contributed by atoms with Gasteiger partial charge in [-0.15, -0.1) is 0 Å². The zero-order valence-corrected chi connectivity index (χ0v) is 11.7. The van der Waals surface area contributed by atoms with Gasteiger partial charge in [-0.1, -0.05) is 13.8 Å². The normalized spacial score (nSPS) is 10.4. The van der Waals surface area contributed by atoms with Crippen molar-refractivity contribution in [3.63, 3.8) is 0 Å². The van der Waals surface area contributed by atoms with Gasteiger partial charge < -0.3 is 0 Å². The van der Waals surface area contributed by atoms with E-state index in [4.69, 9.17) is 6.58 Å². The molecule has 0 nitrogen and oxygen atoms in total. The molecule has 70 valence electrons. The molecule has 0 unspecified atom stereocenters. The zero-order chi connectivity index (χ0) is 10.2. The van der Waals surface area contributed by atoms with E-state index in [1.54, 1.807) is 6.08 Å². The predicted octanol–water partition coefficient (Wildman–Crippen LogP) is 3.32. The average Bonchev–Trinajstić information content (AvgIpc) is 2.02. The van der Waals surface area contributed by atoms with Crippen LogP contribution in [0.15, 0.2) is 18.2 Å². The van der Waals surface area contributed by atoms with E-state index in [0.29, 0.717) is 5.41 Å². The fourth-order valence-corrected chi connectivity index (χ4v) is 0.675. The molecular weight excluding hydrogens is 316 g/mol. The molecule has 0 aromatic rings. The minimum absolute atomic E-state index is 0.300. The summed E-state index contributed by atoms with van der Waals surface area (Å²) in [4.78, 5) is 0. The van der Waals surface area contributed by atoms with Crippen LogP contribution in [-0.2, 0) is 19.4 Å². The van der Waals surface area contributed by atoms with Gasteiger partial charge in [-0.2, -0.15) is 0 Å². The van der Waals surface area contributed by atoms with Crippen LogP contribution in [-0.4, -0.2) is 3.90 Å². The van der Waals surface area contributed by atoms with E-state index in [0.717, 1.165) is 0 Å². The van der Waals surface area contributed by atoms with Crippen molar-refractivity contribution in [3.05, 3.63) is 24.8 Å². The van der Waals surface area contributed by atoms with Crippen molar-refractivity contribution in [2.45, 2.75) is 34.6 Å². The van der Waals surface area contributed by atoms with Gasteiger partial charge in [-0.05, 0) is 0 Å². The zero-order valence-electron chi connectivity index (χ0n) is 8.72. The second-order valence-electron chi connectivity index (χ2n) is 3.17. The van der Waals surface area contributed by atoms with Crippen molar-refractivity contribution in [1.82, 2.24) is 0 Å². The van der Waals surface area contributed by atoms with Crippen LogP contribution in [0.3, 0.4) is 0 Å². The molecule has 0 amide bonds. The van der Waals surface area contributed by atoms with Crippen LogP contribution >= 0.6 is 0 Å². The number of allylic oxidation sites excluding steroid dienone is 3. The van der Waals surface area contributed by atoms with E-state index in [-0.39, 0.29) is 0 Å². The molecule has 0 aliphatic rings. The van der Waals surface area contributed by atoms with Crippen LogP contribution in [0.4, 0.5) is 0 Å². The molecule has 0 radical (unpaired) electrons. The first-order valence-electron chi connectivity index (χ1n) is 4.24. The van der Waals surface area contributed by atoms with Crippen LogP contribution in [0.1, 0.15) is 34.6 Å². The van der Waals surface area contributed by atoms with Crippen molar-refractivity contribution in [3.8, 4) is 0 Å². The van der Waals surface area contributed by atoms with Crippen LogP contribution < -0.4 is 0 Å². The quantitative estimate of drug-likeness (QED) is 0.537. The topological polar surface area (TPSA) is 0 Å². The monoisotopic (exact) mass is 335 g/mol. The Kier molecular flexibility index (Phi) is 9.31. The van der Waals surface area contributed by atoms with E-state index in [1.165, 1.54) is 23.3 Å². The summed E-state index contributed by atoms with van der Waals surface area (Å²) in [5.41, 5.74) is 0.300. The third kappa shape index (κ3) is 8.14. The fourth-order valence-electron chi connectivity index (χ4n) is 0.393. The third-order valence-corrected chi connectivity index (χ3v) is 3.79. The first kappa shape index (κ1) is 14.6. The predicted molar refractivity (Wildman–Crippen MR) is 53.8 cm³/mol. The summed E-state index contributed by atoms with van der Waals surface area (Å²) < 4.78 is 1.43. The molecule has 0 saturated carbocycles. The second kappa shape index (κ2) is 7.68. The molecule has 0 aromatic carbocycles. The van der Waals surface area contributed by atoms with Crippen molar-refractivity contribution in [2.75, 3.05) is 0 Å². The molecule has 0 rings (SSSR count). The number of rotatable bonds is 2. The molecule has 0 fully saturated rings. The summed E-state index contributed by atoms with van der Waals surface area (Å²) in [7, 11) is 0. The molecule has 0 atom stereocenters. The van der Waals surface area contributed by atoms with E-state index < -0.39 is 0 Å². The summed E-state index contributed by atoms with van der Waals surface area (Å²) in [5, 5.41) is 0. The summed E-state index contributed by atoms with van der Waals surface area (Å²) in [5.74, 6) is 0. The maximum atomic E-state index is 5.20. The SMILES string of the molecule is CC.[CH-]=CC=C[C](=[W])C(C)(C)C. The molecule has 0 saturated heterocycles. The summed E-state index contributed by atoms with van der Waals surface area (Å²) >= 11 is 1.51. The Bertz CT molecular complexity index is 158. The molecule has 0 aliphatic carbocycles. The molecular formula is C11H19W-. The van der Waals surface area contributed by atoms with Gasteiger partial charge in [0.2, 0.25) is 0 Å². The van der Waals surface area contributed by atoms with E-state index in [1.807, 2.05) is 19.9 Å². The summed E-state index contributed by atoms with van der Waals surface area (Å²) in [6, 6.07) is 0. The van der Waals surface area contributed by atoms with E-state index >= 15 is 0 Å². The molecule has 0 aromatic heterocycles. The molecule has 12 heavy (non-hydrogen) atoms. The first-order chi connectivity index (χ1) is 5.48. The maximum absolute atomic E-state index is 5.20. The van der Waals surface area contributed by atoms with Crippen molar-refractivity contribution in [2.24, 2.45) is 5.41 Å². The van der Waals surface area contributed by atoms with Crippen LogP contribution in [0, 0.1) is 12.0 Å². The Morgan fingerprint density at radius 1 is 1.25 bits per heavy atom. The van der Waals surface area contributed by atoms with Gasteiger partial charge >= 0.3 is 74.2 Å². The van der Waals surface area contributed by atoms with Gasteiger partial charge in [0, 0.05) is 0 Å². The van der Waals surface area contributed by atoms with Gasteiger partial charge in [0.05, 0.1) is 0 Å². The minimum atomic E-state index is 0.300. The summed E-state index contributed by atoms with van der Waals surface area (Å²) in [6.07, 6.45) is 5.53. The van der Waals surface area contributed by atoms with Crippen molar-refractivity contribution in [1.29, 1.82) is 0 Å². The average molecular weight is 335 g/mol. The Labute approximate surface area is 88.2 Å². The van der Waals surface area contributed by atoms with E-state index in [2.05, 4.69) is 26.8 Å². The Morgan fingerprint density at radius 3 is 1.92 bits per heavy atom. The summed E-state index contributed by atoms with van der Waals surface area (Å²) in [6.45, 7) is 15.8. The van der Waals surface area contributed by atoms with Gasteiger partial charge in [0.1, 0.15) is 0 Å². The standard InChI is InChI=1S/C9H13.C2H6.W/c1-5-6-7-8-9(2,3)4;1-2;/h1,5-7H,2-4H3;1-2H3;/q-1;;. The molecule has 0 aliphatic heterocycles. The Balaban J connectivity index is 0. The van der Waals surface area contributed by atoms with Crippen molar-refractivity contribution >= 4 is 3.90 Å². The van der Waals surface area contributed by atoms with Crippen molar-refractivity contribution < 1.29 is 19.4 Å². The first-order valence-corrected chi connectivity index (χ1v) is 5.71. The molecule has 0 bridgehead atoms. The molecule has 0 N–H and O–H groups in total. The van der Waals surface area contributed by atoms with Crippen LogP contribution in [0.2, 0.25) is 0 Å². The Hall–Kier alpha value is 0.0383. The molecule has 0 spiro atoms. The molecule has 1 heteroatoms.